The molecule has 2 rings (SSSR count). The second-order valence-corrected chi connectivity index (χ2v) is 4.91. The van der Waals surface area contributed by atoms with Gasteiger partial charge in [0.1, 0.15) is 0 Å². The second kappa shape index (κ2) is 4.82. The molecule has 1 nitrogen and oxygen atoms in total. The first-order valence-corrected chi connectivity index (χ1v) is 6.35. The Bertz CT molecular complexity index is 371. The summed E-state index contributed by atoms with van der Waals surface area (Å²) >= 11 is 0. The summed E-state index contributed by atoms with van der Waals surface area (Å²) in [6, 6.07) is 0.438. The second-order valence-electron chi connectivity index (χ2n) is 4.91. The van der Waals surface area contributed by atoms with Crippen LogP contribution in [-0.2, 0) is 0 Å². The van der Waals surface area contributed by atoms with Crippen molar-refractivity contribution in [3.8, 4) is 0 Å². The van der Waals surface area contributed by atoms with Gasteiger partial charge < -0.3 is 0 Å². The highest BCUT2D eigenvalue weighted by molar-refractivity contribution is 6.10. The lowest BCUT2D eigenvalue weighted by molar-refractivity contribution is 0.490. The first-order chi connectivity index (χ1) is 7.70. The molecule has 2 aliphatic rings. The highest BCUT2D eigenvalue weighted by atomic mass is 14.8. The van der Waals surface area contributed by atoms with E-state index >= 15 is 0 Å². The molecular formula is C15H21N. The lowest BCUT2D eigenvalue weighted by atomic mass is 9.84. The van der Waals surface area contributed by atoms with Gasteiger partial charge >= 0.3 is 0 Å². The first-order valence-electron chi connectivity index (χ1n) is 6.35. The summed E-state index contributed by atoms with van der Waals surface area (Å²) in [7, 11) is 0. The molecule has 1 heterocycles. The molecule has 0 aromatic rings. The molecule has 0 saturated heterocycles. The molecule has 0 radical (unpaired) electrons. The van der Waals surface area contributed by atoms with Crippen LogP contribution in [0.1, 0.15) is 33.6 Å². The summed E-state index contributed by atoms with van der Waals surface area (Å²) in [6.07, 6.45) is 13.7. The molecule has 0 saturated carbocycles. The molecule has 1 heteroatoms. The molecular weight excluding hydrogens is 194 g/mol. The molecule has 3 atom stereocenters. The number of nitrogens with zero attached hydrogens (tertiary/aromatic N) is 1. The third-order valence-corrected chi connectivity index (χ3v) is 3.52. The van der Waals surface area contributed by atoms with Crippen molar-refractivity contribution >= 4 is 5.71 Å². The molecule has 86 valence electrons. The number of hydrogen-bond acceptors (Lipinski definition) is 1. The summed E-state index contributed by atoms with van der Waals surface area (Å²) in [5.74, 6) is 1.34. The zero-order valence-corrected chi connectivity index (χ0v) is 10.5. The van der Waals surface area contributed by atoms with Crippen molar-refractivity contribution in [2.75, 3.05) is 0 Å². The minimum atomic E-state index is 0.438. The molecule has 1 aliphatic carbocycles. The van der Waals surface area contributed by atoms with E-state index < -0.39 is 0 Å². The van der Waals surface area contributed by atoms with E-state index in [9.17, 15) is 0 Å². The Morgan fingerprint density at radius 2 is 2.12 bits per heavy atom. The van der Waals surface area contributed by atoms with Crippen molar-refractivity contribution < 1.29 is 0 Å². The third-order valence-electron chi connectivity index (χ3n) is 3.52. The van der Waals surface area contributed by atoms with Gasteiger partial charge in [-0.05, 0) is 43.3 Å². The minimum absolute atomic E-state index is 0.438. The van der Waals surface area contributed by atoms with Crippen molar-refractivity contribution in [1.82, 2.24) is 0 Å². The topological polar surface area (TPSA) is 12.4 Å². The number of dihydropyridines is 1. The lowest BCUT2D eigenvalue weighted by Gasteiger charge is -2.23. The van der Waals surface area contributed by atoms with Crippen molar-refractivity contribution in [1.29, 1.82) is 0 Å². The van der Waals surface area contributed by atoms with Crippen LogP contribution in [-0.4, -0.2) is 11.8 Å². The maximum Gasteiger partial charge on any atom is 0.0643 e. The van der Waals surface area contributed by atoms with Crippen LogP contribution < -0.4 is 0 Å². The van der Waals surface area contributed by atoms with Crippen molar-refractivity contribution in [2.24, 2.45) is 16.8 Å². The summed E-state index contributed by atoms with van der Waals surface area (Å²) in [6.45, 7) is 6.73. The van der Waals surface area contributed by atoms with Gasteiger partial charge in [-0.15, -0.1) is 0 Å². The highest BCUT2D eigenvalue weighted by Gasteiger charge is 2.17. The van der Waals surface area contributed by atoms with Gasteiger partial charge in [0, 0.05) is 0 Å². The summed E-state index contributed by atoms with van der Waals surface area (Å²) in [5.41, 5.74) is 2.47. The SMILES string of the molecule is CC[C@H]1C=CC(C2=NC(C)CC=C2)=CC1C. The predicted molar refractivity (Wildman–Crippen MR) is 70.8 cm³/mol. The van der Waals surface area contributed by atoms with Gasteiger partial charge in [-0.1, -0.05) is 38.2 Å². The van der Waals surface area contributed by atoms with Crippen LogP contribution in [0.25, 0.3) is 0 Å². The van der Waals surface area contributed by atoms with Gasteiger partial charge in [-0.3, -0.25) is 4.99 Å². The van der Waals surface area contributed by atoms with Gasteiger partial charge in [0.05, 0.1) is 11.8 Å². The molecule has 0 amide bonds. The van der Waals surface area contributed by atoms with Gasteiger partial charge in [0.25, 0.3) is 0 Å². The van der Waals surface area contributed by atoms with Crippen LogP contribution in [0.5, 0.6) is 0 Å². The molecule has 0 spiro atoms. The number of rotatable bonds is 2. The quantitative estimate of drug-likeness (QED) is 0.661. The standard InChI is InChI=1S/C15H21N/c1-4-13-8-9-14(10-11(13)2)15-7-5-6-12(3)16-15/h5,7-13H,4,6H2,1-3H3/t11?,12?,13-/m0/s1. The average molecular weight is 215 g/mol. The smallest absolute Gasteiger partial charge is 0.0643 e. The molecule has 0 aromatic heterocycles. The molecule has 16 heavy (non-hydrogen) atoms. The number of allylic oxidation sites excluding steroid dienone is 5. The number of aliphatic imine (C=N–C) groups is 1. The van der Waals surface area contributed by atoms with Gasteiger partial charge in [0.2, 0.25) is 0 Å². The maximum atomic E-state index is 4.70. The van der Waals surface area contributed by atoms with Gasteiger partial charge in [-0.2, -0.15) is 0 Å². The fourth-order valence-corrected chi connectivity index (χ4v) is 2.42. The fraction of sp³-hybridized carbons (Fsp3) is 0.533. The van der Waals surface area contributed by atoms with Crippen LogP contribution in [0, 0.1) is 11.8 Å². The monoisotopic (exact) mass is 215 g/mol. The van der Waals surface area contributed by atoms with Gasteiger partial charge in [0.15, 0.2) is 0 Å². The summed E-state index contributed by atoms with van der Waals surface area (Å²) in [4.78, 5) is 4.70. The van der Waals surface area contributed by atoms with E-state index in [1.807, 2.05) is 0 Å². The maximum absolute atomic E-state index is 4.70. The Kier molecular flexibility index (Phi) is 3.42. The Labute approximate surface area is 98.7 Å². The van der Waals surface area contributed by atoms with E-state index in [2.05, 4.69) is 51.2 Å². The zero-order chi connectivity index (χ0) is 11.5. The average Bonchev–Trinajstić information content (AvgIpc) is 2.29. The van der Waals surface area contributed by atoms with Crippen LogP contribution in [0.15, 0.2) is 40.9 Å². The fourth-order valence-electron chi connectivity index (χ4n) is 2.42. The molecule has 2 unspecified atom stereocenters. The van der Waals surface area contributed by atoms with E-state index in [-0.39, 0.29) is 0 Å². The lowest BCUT2D eigenvalue weighted by Crippen LogP contribution is -2.15. The Balaban J connectivity index is 2.18. The van der Waals surface area contributed by atoms with Crippen LogP contribution in [0.4, 0.5) is 0 Å². The van der Waals surface area contributed by atoms with Gasteiger partial charge in [-0.25, -0.2) is 0 Å². The molecule has 0 fully saturated rings. The van der Waals surface area contributed by atoms with Crippen molar-refractivity contribution in [3.63, 3.8) is 0 Å². The number of hydrogen-bond donors (Lipinski definition) is 0. The third kappa shape index (κ3) is 2.34. The molecule has 1 aliphatic heterocycles. The first kappa shape index (κ1) is 11.4. The zero-order valence-electron chi connectivity index (χ0n) is 10.5. The summed E-state index contributed by atoms with van der Waals surface area (Å²) < 4.78 is 0. The summed E-state index contributed by atoms with van der Waals surface area (Å²) in [5, 5.41) is 0. The van der Waals surface area contributed by atoms with Crippen LogP contribution >= 0.6 is 0 Å². The Hall–Kier alpha value is -1.11. The normalized spacial score (nSPS) is 33.6. The van der Waals surface area contributed by atoms with Crippen LogP contribution in [0.2, 0.25) is 0 Å². The van der Waals surface area contributed by atoms with E-state index in [0.29, 0.717) is 17.9 Å². The van der Waals surface area contributed by atoms with Crippen molar-refractivity contribution in [3.05, 3.63) is 36.0 Å². The van der Waals surface area contributed by atoms with E-state index in [0.717, 1.165) is 12.1 Å². The predicted octanol–water partition coefficient (Wildman–Crippen LogP) is 3.93. The highest BCUT2D eigenvalue weighted by Crippen LogP contribution is 2.26. The largest absolute Gasteiger partial charge is 0.281 e. The molecule has 0 aromatic carbocycles. The van der Waals surface area contributed by atoms with E-state index in [4.69, 9.17) is 4.99 Å². The van der Waals surface area contributed by atoms with E-state index in [1.165, 1.54) is 12.0 Å². The Morgan fingerprint density at radius 3 is 2.75 bits per heavy atom. The molecule has 0 N–H and O–H groups in total. The minimum Gasteiger partial charge on any atom is -0.281 e. The van der Waals surface area contributed by atoms with E-state index in [1.54, 1.807) is 0 Å². The van der Waals surface area contributed by atoms with Crippen LogP contribution in [0.3, 0.4) is 0 Å². The van der Waals surface area contributed by atoms with Crippen molar-refractivity contribution in [2.45, 2.75) is 39.7 Å². The molecule has 0 bridgehead atoms. The Morgan fingerprint density at radius 1 is 1.31 bits per heavy atom.